The summed E-state index contributed by atoms with van der Waals surface area (Å²) in [6.45, 7) is 4.03. The van der Waals surface area contributed by atoms with Crippen LogP contribution in [0.15, 0.2) is 29.3 Å². The van der Waals surface area contributed by atoms with Gasteiger partial charge in [-0.15, -0.1) is 0 Å². The number of nitrogens with one attached hydrogen (secondary N) is 1. The second kappa shape index (κ2) is 5.48. The molecule has 0 saturated heterocycles. The average Bonchev–Trinajstić information content (AvgIpc) is 2.17. The minimum absolute atomic E-state index is 0.560. The predicted octanol–water partition coefficient (Wildman–Crippen LogP) is 4.31. The number of hydrogen-bond acceptors (Lipinski definition) is 1. The fourth-order valence-electron chi connectivity index (χ4n) is 1.09. The lowest BCUT2D eigenvalue weighted by molar-refractivity contribution is 1.08. The van der Waals surface area contributed by atoms with E-state index in [1.165, 1.54) is 0 Å². The Kier molecular flexibility index (Phi) is 4.77. The smallest absolute Gasteiger partial charge is 0.0554 e. The van der Waals surface area contributed by atoms with Gasteiger partial charge in [0.25, 0.3) is 0 Å². The highest BCUT2D eigenvalue weighted by Gasteiger charge is 2.06. The molecular formula is C12H17BrClNS. The molecule has 0 bridgehead atoms. The summed E-state index contributed by atoms with van der Waals surface area (Å²) in [7, 11) is -0.560. The normalized spacial score (nSPS) is 12.3. The highest BCUT2D eigenvalue weighted by molar-refractivity contribution is 9.10. The molecule has 1 aromatic carbocycles. The van der Waals surface area contributed by atoms with Crippen LogP contribution in [-0.2, 0) is 0 Å². The van der Waals surface area contributed by atoms with E-state index in [-0.39, 0.29) is 0 Å². The molecule has 0 aliphatic carbocycles. The molecule has 0 aliphatic rings. The molecule has 0 aromatic heterocycles. The van der Waals surface area contributed by atoms with Crippen LogP contribution in [0.5, 0.6) is 0 Å². The minimum atomic E-state index is -0.560. The molecule has 0 amide bonds. The fraction of sp³-hybridized carbons (Fsp3) is 0.333. The van der Waals surface area contributed by atoms with Crippen molar-refractivity contribution in [2.75, 3.05) is 24.6 Å². The average molecular weight is 323 g/mol. The Balaban J connectivity index is 2.70. The molecule has 0 atom stereocenters. The summed E-state index contributed by atoms with van der Waals surface area (Å²) in [6.07, 6.45) is 6.80. The maximum Gasteiger partial charge on any atom is 0.0554 e. The van der Waals surface area contributed by atoms with Gasteiger partial charge in [0.2, 0.25) is 0 Å². The van der Waals surface area contributed by atoms with Crippen LogP contribution in [0.3, 0.4) is 0 Å². The van der Waals surface area contributed by atoms with Crippen LogP contribution in [0.25, 0.3) is 5.70 Å². The third-order valence-corrected chi connectivity index (χ3v) is 4.23. The van der Waals surface area contributed by atoms with Crippen LogP contribution >= 0.6 is 37.6 Å². The summed E-state index contributed by atoms with van der Waals surface area (Å²) in [4.78, 5) is 0. The van der Waals surface area contributed by atoms with Gasteiger partial charge in [-0.2, -0.15) is 0 Å². The van der Waals surface area contributed by atoms with E-state index < -0.39 is 10.0 Å². The molecule has 0 aliphatic heterocycles. The van der Waals surface area contributed by atoms with E-state index in [9.17, 15) is 0 Å². The first-order valence-corrected chi connectivity index (χ1v) is 9.03. The van der Waals surface area contributed by atoms with Crippen molar-refractivity contribution in [3.63, 3.8) is 0 Å². The molecule has 4 heteroatoms. The Morgan fingerprint density at radius 2 is 2.06 bits per heavy atom. The SMILES string of the molecule is C=C(NCS(C)(C)C)c1ccc(Br)c(Cl)c1. The van der Waals surface area contributed by atoms with Gasteiger partial charge >= 0.3 is 0 Å². The van der Waals surface area contributed by atoms with Crippen molar-refractivity contribution in [2.24, 2.45) is 0 Å². The summed E-state index contributed by atoms with van der Waals surface area (Å²) in [5.74, 6) is 0.972. The van der Waals surface area contributed by atoms with Crippen LogP contribution in [0.2, 0.25) is 5.02 Å². The number of halogens is 2. The zero-order valence-corrected chi connectivity index (χ0v) is 13.0. The number of benzene rings is 1. The van der Waals surface area contributed by atoms with Gasteiger partial charge in [-0.05, 0) is 52.4 Å². The summed E-state index contributed by atoms with van der Waals surface area (Å²) < 4.78 is 0.909. The van der Waals surface area contributed by atoms with Gasteiger partial charge in [0.15, 0.2) is 0 Å². The number of rotatable bonds is 4. The number of hydrogen-bond donors (Lipinski definition) is 1. The summed E-state index contributed by atoms with van der Waals surface area (Å²) in [6, 6.07) is 5.86. The van der Waals surface area contributed by atoms with E-state index in [4.69, 9.17) is 11.6 Å². The quantitative estimate of drug-likeness (QED) is 0.871. The van der Waals surface area contributed by atoms with Gasteiger partial charge in [-0.1, -0.05) is 24.2 Å². The van der Waals surface area contributed by atoms with Gasteiger partial charge in [-0.25, -0.2) is 10.0 Å². The fourth-order valence-corrected chi connectivity index (χ4v) is 2.12. The molecule has 0 radical (unpaired) electrons. The molecule has 16 heavy (non-hydrogen) atoms. The zero-order chi connectivity index (χ0) is 12.3. The minimum Gasteiger partial charge on any atom is -0.377 e. The topological polar surface area (TPSA) is 12.0 Å². The maximum atomic E-state index is 6.04. The van der Waals surface area contributed by atoms with E-state index in [0.29, 0.717) is 5.02 Å². The molecule has 0 saturated carbocycles. The Bertz CT molecular complexity index is 398. The van der Waals surface area contributed by atoms with Crippen molar-refractivity contribution in [2.45, 2.75) is 0 Å². The summed E-state index contributed by atoms with van der Waals surface area (Å²) in [5, 5.41) is 4.07. The van der Waals surface area contributed by atoms with Crippen LogP contribution < -0.4 is 5.32 Å². The summed E-state index contributed by atoms with van der Waals surface area (Å²) >= 11 is 9.41. The third kappa shape index (κ3) is 4.40. The molecule has 0 fully saturated rings. The van der Waals surface area contributed by atoms with Crippen molar-refractivity contribution in [1.82, 2.24) is 5.32 Å². The Morgan fingerprint density at radius 1 is 1.44 bits per heavy atom. The zero-order valence-electron chi connectivity index (χ0n) is 9.81. The van der Waals surface area contributed by atoms with E-state index >= 15 is 0 Å². The lowest BCUT2D eigenvalue weighted by atomic mass is 10.2. The molecule has 0 spiro atoms. The monoisotopic (exact) mass is 321 g/mol. The van der Waals surface area contributed by atoms with E-state index in [0.717, 1.165) is 21.6 Å². The standard InChI is InChI=1S/C12H17BrClNS/c1-9(15-8-16(2,3)4)10-5-6-11(13)12(14)7-10/h5-7,15H,1,8H2,2-4H3. The van der Waals surface area contributed by atoms with Crippen molar-refractivity contribution >= 4 is 43.3 Å². The largest absolute Gasteiger partial charge is 0.377 e. The second-order valence-electron chi connectivity index (χ2n) is 4.52. The lowest BCUT2D eigenvalue weighted by Gasteiger charge is -2.26. The van der Waals surface area contributed by atoms with Crippen molar-refractivity contribution < 1.29 is 0 Å². The van der Waals surface area contributed by atoms with E-state index in [1.807, 2.05) is 18.2 Å². The molecule has 0 unspecified atom stereocenters. The molecule has 1 aromatic rings. The van der Waals surface area contributed by atoms with E-state index in [1.54, 1.807) is 0 Å². The van der Waals surface area contributed by atoms with Gasteiger partial charge in [0.1, 0.15) is 0 Å². The Hall–Kier alpha value is -0.120. The van der Waals surface area contributed by atoms with E-state index in [2.05, 4.69) is 46.6 Å². The van der Waals surface area contributed by atoms with Crippen LogP contribution in [-0.4, -0.2) is 24.6 Å². The molecule has 1 N–H and O–H groups in total. The van der Waals surface area contributed by atoms with Gasteiger partial charge < -0.3 is 5.32 Å². The van der Waals surface area contributed by atoms with Crippen molar-refractivity contribution in [3.8, 4) is 0 Å². The Morgan fingerprint density at radius 3 is 2.56 bits per heavy atom. The first-order valence-electron chi connectivity index (χ1n) is 4.84. The van der Waals surface area contributed by atoms with Crippen LogP contribution in [0.1, 0.15) is 5.56 Å². The van der Waals surface area contributed by atoms with Gasteiger partial charge in [-0.3, -0.25) is 0 Å². The molecular weight excluding hydrogens is 306 g/mol. The molecule has 0 heterocycles. The first kappa shape index (κ1) is 13.9. The third-order valence-electron chi connectivity index (χ3n) is 1.99. The second-order valence-corrected chi connectivity index (χ2v) is 10.3. The lowest BCUT2D eigenvalue weighted by Crippen LogP contribution is -2.17. The first-order chi connectivity index (χ1) is 7.29. The van der Waals surface area contributed by atoms with Crippen molar-refractivity contribution in [1.29, 1.82) is 0 Å². The highest BCUT2D eigenvalue weighted by Crippen LogP contribution is 2.33. The van der Waals surface area contributed by atoms with Crippen LogP contribution in [0, 0.1) is 0 Å². The van der Waals surface area contributed by atoms with Crippen LogP contribution in [0.4, 0.5) is 0 Å². The Labute approximate surface area is 113 Å². The van der Waals surface area contributed by atoms with Crippen molar-refractivity contribution in [3.05, 3.63) is 39.8 Å². The van der Waals surface area contributed by atoms with Gasteiger partial charge in [0, 0.05) is 16.0 Å². The molecule has 1 nitrogen and oxygen atoms in total. The summed E-state index contributed by atoms with van der Waals surface area (Å²) in [5.41, 5.74) is 1.97. The maximum absolute atomic E-state index is 6.04. The highest BCUT2D eigenvalue weighted by atomic mass is 79.9. The predicted molar refractivity (Wildman–Crippen MR) is 81.6 cm³/mol. The molecule has 90 valence electrons. The molecule has 1 rings (SSSR count). The van der Waals surface area contributed by atoms with Gasteiger partial charge in [0.05, 0.1) is 5.02 Å².